The lowest BCUT2D eigenvalue weighted by molar-refractivity contribution is -0.144. The molecule has 2 saturated heterocycles. The van der Waals surface area contributed by atoms with E-state index in [1.165, 1.54) is 0 Å². The minimum Gasteiger partial charge on any atom is -0.464 e. The molecular formula is C24H28N4O5. The lowest BCUT2D eigenvalue weighted by Gasteiger charge is -2.43. The van der Waals surface area contributed by atoms with E-state index in [9.17, 15) is 19.2 Å². The predicted molar refractivity (Wildman–Crippen MR) is 119 cm³/mol. The maximum absolute atomic E-state index is 12.9. The summed E-state index contributed by atoms with van der Waals surface area (Å²) < 4.78 is 5.57. The number of furan rings is 1. The summed E-state index contributed by atoms with van der Waals surface area (Å²) in [7, 11) is 0. The Hall–Kier alpha value is -3.36. The maximum atomic E-state index is 12.9. The fourth-order valence-corrected chi connectivity index (χ4v) is 5.28. The summed E-state index contributed by atoms with van der Waals surface area (Å²) in [5.74, 6) is -0.608. The molecule has 1 aromatic heterocycles. The number of fused-ring (bicyclic) bond motifs is 1. The van der Waals surface area contributed by atoms with Crippen LogP contribution in [0.1, 0.15) is 43.2 Å². The van der Waals surface area contributed by atoms with E-state index < -0.39 is 11.6 Å². The van der Waals surface area contributed by atoms with Crippen molar-refractivity contribution < 1.29 is 23.6 Å². The molecule has 1 aliphatic carbocycles. The van der Waals surface area contributed by atoms with Crippen molar-refractivity contribution in [3.05, 3.63) is 35.6 Å². The second-order valence-electron chi connectivity index (χ2n) is 9.55. The van der Waals surface area contributed by atoms with Gasteiger partial charge in [-0.2, -0.15) is 0 Å². The molecule has 3 fully saturated rings. The van der Waals surface area contributed by atoms with E-state index >= 15 is 0 Å². The zero-order chi connectivity index (χ0) is 23.2. The Labute approximate surface area is 191 Å². The second-order valence-corrected chi connectivity index (χ2v) is 9.55. The van der Waals surface area contributed by atoms with E-state index in [-0.39, 0.29) is 36.1 Å². The Morgan fingerprint density at radius 1 is 1.21 bits per heavy atom. The molecule has 1 unspecified atom stereocenters. The minimum absolute atomic E-state index is 0.0165. The Bertz CT molecular complexity index is 1130. The fraction of sp³-hybridized carbons (Fsp3) is 0.500. The van der Waals surface area contributed by atoms with Gasteiger partial charge in [0.05, 0.1) is 12.7 Å². The fourth-order valence-electron chi connectivity index (χ4n) is 5.28. The summed E-state index contributed by atoms with van der Waals surface area (Å²) in [5, 5.41) is 8.99. The van der Waals surface area contributed by atoms with Crippen molar-refractivity contribution in [2.75, 3.05) is 13.1 Å². The maximum Gasteiger partial charge on any atom is 0.322 e. The molecule has 1 atom stereocenters. The summed E-state index contributed by atoms with van der Waals surface area (Å²) in [4.78, 5) is 50.9. The van der Waals surface area contributed by atoms with Gasteiger partial charge >= 0.3 is 6.03 Å². The number of rotatable bonds is 4. The van der Waals surface area contributed by atoms with E-state index in [0.717, 1.165) is 34.9 Å². The largest absolute Gasteiger partial charge is 0.464 e. The Morgan fingerprint density at radius 3 is 2.79 bits per heavy atom. The summed E-state index contributed by atoms with van der Waals surface area (Å²) in [5.41, 5.74) is 1.86. The van der Waals surface area contributed by atoms with E-state index in [1.807, 2.05) is 30.0 Å². The molecule has 0 radical (unpaired) electrons. The monoisotopic (exact) mass is 452 g/mol. The number of benzene rings is 1. The molecule has 5 amide bonds. The summed E-state index contributed by atoms with van der Waals surface area (Å²) >= 11 is 0. The highest BCUT2D eigenvalue weighted by atomic mass is 16.3. The molecule has 33 heavy (non-hydrogen) atoms. The lowest BCUT2D eigenvalue weighted by Crippen LogP contribution is -2.60. The number of carbonyl (C=O) groups is 4. The van der Waals surface area contributed by atoms with Crippen molar-refractivity contribution in [1.82, 2.24) is 20.9 Å². The third kappa shape index (κ3) is 4.07. The first-order valence-electron chi connectivity index (χ1n) is 11.5. The van der Waals surface area contributed by atoms with Crippen molar-refractivity contribution in [3.8, 4) is 0 Å². The van der Waals surface area contributed by atoms with Gasteiger partial charge in [-0.05, 0) is 51.2 Å². The van der Waals surface area contributed by atoms with Crippen molar-refractivity contribution in [3.63, 3.8) is 0 Å². The number of likely N-dealkylation sites (tertiary alicyclic amines) is 1. The van der Waals surface area contributed by atoms with Crippen LogP contribution in [0.2, 0.25) is 0 Å². The van der Waals surface area contributed by atoms with Crippen LogP contribution in [0.5, 0.6) is 0 Å². The van der Waals surface area contributed by atoms with Gasteiger partial charge in [-0.25, -0.2) is 4.79 Å². The highest BCUT2D eigenvalue weighted by molar-refractivity contribution is 6.08. The third-order valence-corrected chi connectivity index (χ3v) is 7.12. The molecule has 0 bridgehead atoms. The van der Waals surface area contributed by atoms with Gasteiger partial charge in [0.2, 0.25) is 11.8 Å². The van der Waals surface area contributed by atoms with Crippen molar-refractivity contribution in [1.29, 1.82) is 0 Å². The average molecular weight is 453 g/mol. The van der Waals surface area contributed by atoms with Gasteiger partial charge in [0.25, 0.3) is 5.91 Å². The van der Waals surface area contributed by atoms with Gasteiger partial charge in [0.15, 0.2) is 0 Å². The Morgan fingerprint density at radius 2 is 2.03 bits per heavy atom. The molecule has 3 N–H and O–H groups in total. The zero-order valence-electron chi connectivity index (χ0n) is 18.6. The number of carbonyl (C=O) groups excluding carboxylic acids is 4. The average Bonchev–Trinajstić information content (AvgIpc) is 3.17. The van der Waals surface area contributed by atoms with Crippen LogP contribution in [0.4, 0.5) is 4.79 Å². The number of hydrogen-bond donors (Lipinski definition) is 3. The van der Waals surface area contributed by atoms with Crippen molar-refractivity contribution >= 4 is 34.7 Å². The van der Waals surface area contributed by atoms with Crippen molar-refractivity contribution in [2.45, 2.75) is 57.0 Å². The van der Waals surface area contributed by atoms with Crippen LogP contribution in [0, 0.1) is 12.8 Å². The molecule has 2 aromatic rings. The van der Waals surface area contributed by atoms with E-state index in [4.69, 9.17) is 4.42 Å². The Kier molecular flexibility index (Phi) is 5.34. The minimum atomic E-state index is -0.907. The number of amides is 5. The van der Waals surface area contributed by atoms with Crippen LogP contribution >= 0.6 is 0 Å². The van der Waals surface area contributed by atoms with Gasteiger partial charge in [-0.3, -0.25) is 19.7 Å². The van der Waals surface area contributed by atoms with Crippen LogP contribution in [0.3, 0.4) is 0 Å². The van der Waals surface area contributed by atoms with Crippen LogP contribution in [-0.2, 0) is 20.8 Å². The molecule has 9 heteroatoms. The van der Waals surface area contributed by atoms with Gasteiger partial charge in [-0.15, -0.1) is 0 Å². The summed E-state index contributed by atoms with van der Waals surface area (Å²) in [6, 6.07) is 5.46. The molecule has 174 valence electrons. The molecule has 5 rings (SSSR count). The first-order valence-corrected chi connectivity index (χ1v) is 11.5. The van der Waals surface area contributed by atoms with Gasteiger partial charge in [0, 0.05) is 36.0 Å². The number of aryl methyl sites for hydroxylation is 1. The molecule has 2 aliphatic heterocycles. The number of nitrogens with zero attached hydrogens (tertiary/aromatic N) is 1. The van der Waals surface area contributed by atoms with E-state index in [2.05, 4.69) is 16.0 Å². The van der Waals surface area contributed by atoms with E-state index in [1.54, 1.807) is 6.26 Å². The molecule has 9 nitrogen and oxygen atoms in total. The summed E-state index contributed by atoms with van der Waals surface area (Å²) in [6.07, 6.45) is 4.91. The smallest absolute Gasteiger partial charge is 0.322 e. The molecule has 1 spiro atoms. The molecule has 1 saturated carbocycles. The highest BCUT2D eigenvalue weighted by Crippen LogP contribution is 2.41. The van der Waals surface area contributed by atoms with Gasteiger partial charge in [-0.1, -0.05) is 11.6 Å². The van der Waals surface area contributed by atoms with Crippen molar-refractivity contribution in [2.24, 2.45) is 5.92 Å². The molecule has 1 aromatic carbocycles. The molecule has 3 heterocycles. The number of nitrogens with one attached hydrogen (secondary N) is 3. The standard InChI is InChI=1S/C24H28N4O5/c1-14-4-5-19-18(9-14)15(13-33-19)10-20(29)25-17-3-2-7-28(8-6-17)21(30)16-11-24(12-16)22(31)26-23(32)27-24/h4-5,9,13,16-17H,2-3,6-8,10-12H2,1H3,(H,25,29)(H2,26,27,31,32). The number of urea groups is 1. The normalized spacial score (nSPS) is 27.1. The molecule has 3 aliphatic rings. The number of imide groups is 1. The van der Waals surface area contributed by atoms with Crippen LogP contribution in [0.15, 0.2) is 28.9 Å². The lowest BCUT2D eigenvalue weighted by atomic mass is 9.67. The van der Waals surface area contributed by atoms with Gasteiger partial charge < -0.3 is 20.0 Å². The summed E-state index contributed by atoms with van der Waals surface area (Å²) in [6.45, 7) is 3.22. The van der Waals surface area contributed by atoms with Gasteiger partial charge in [0.1, 0.15) is 11.1 Å². The topological polar surface area (TPSA) is 121 Å². The SMILES string of the molecule is Cc1ccc2occ(CC(=O)NC3CCCN(C(=O)C4CC5(C4)NC(=O)NC5=O)CC3)c2c1. The second kappa shape index (κ2) is 8.20. The van der Waals surface area contributed by atoms with Crippen LogP contribution < -0.4 is 16.0 Å². The van der Waals surface area contributed by atoms with E-state index in [0.29, 0.717) is 32.4 Å². The Balaban J connectivity index is 1.13. The predicted octanol–water partition coefficient (Wildman–Crippen LogP) is 1.77. The number of hydrogen-bond acceptors (Lipinski definition) is 5. The zero-order valence-corrected chi connectivity index (χ0v) is 18.6. The molecular weight excluding hydrogens is 424 g/mol. The quantitative estimate of drug-likeness (QED) is 0.611. The van der Waals surface area contributed by atoms with Crippen LogP contribution in [-0.4, -0.2) is 53.3 Å². The first-order chi connectivity index (χ1) is 15.8. The first kappa shape index (κ1) is 21.5. The third-order valence-electron chi connectivity index (χ3n) is 7.12. The van der Waals surface area contributed by atoms with Crippen LogP contribution in [0.25, 0.3) is 11.0 Å². The highest BCUT2D eigenvalue weighted by Gasteiger charge is 2.57.